The van der Waals surface area contributed by atoms with Crippen LogP contribution in [-0.2, 0) is 20.9 Å². The predicted octanol–water partition coefficient (Wildman–Crippen LogP) is 2.83. The van der Waals surface area contributed by atoms with Crippen LogP contribution in [0.1, 0.15) is 27.2 Å². The molecule has 6 nitrogen and oxygen atoms in total. The Morgan fingerprint density at radius 2 is 2.00 bits per heavy atom. The Morgan fingerprint density at radius 3 is 2.69 bits per heavy atom. The Bertz CT molecular complexity index is 828. The smallest absolute Gasteiger partial charge is 0.350 e. The number of hydrogen-bond donors (Lipinski definition) is 1. The van der Waals surface area contributed by atoms with Crippen molar-refractivity contribution in [3.8, 4) is 0 Å². The lowest BCUT2D eigenvalue weighted by molar-refractivity contribution is -0.128. The largest absolute Gasteiger partial charge is 0.465 e. The maximum atomic E-state index is 12.5. The second-order valence-electron chi connectivity index (χ2n) is 6.31. The summed E-state index contributed by atoms with van der Waals surface area (Å²) in [4.78, 5) is 38.5. The van der Waals surface area contributed by atoms with Crippen LogP contribution in [-0.4, -0.2) is 36.3 Å². The zero-order chi connectivity index (χ0) is 18.7. The molecule has 0 aliphatic carbocycles. The third-order valence-corrected chi connectivity index (χ3v) is 5.27. The van der Waals surface area contributed by atoms with Gasteiger partial charge in [0.05, 0.1) is 18.7 Å². The van der Waals surface area contributed by atoms with E-state index in [1.54, 1.807) is 16.3 Å². The zero-order valence-corrected chi connectivity index (χ0v) is 15.5. The van der Waals surface area contributed by atoms with E-state index in [1.165, 1.54) is 18.4 Å². The van der Waals surface area contributed by atoms with Crippen molar-refractivity contribution in [2.75, 3.05) is 19.0 Å². The molecule has 0 radical (unpaired) electrons. The summed E-state index contributed by atoms with van der Waals surface area (Å²) in [6, 6.07) is 9.65. The van der Waals surface area contributed by atoms with Gasteiger partial charge in [-0.1, -0.05) is 29.8 Å². The van der Waals surface area contributed by atoms with Gasteiger partial charge in [-0.25, -0.2) is 4.79 Å². The van der Waals surface area contributed by atoms with E-state index in [1.807, 2.05) is 31.2 Å². The Balaban J connectivity index is 1.63. The minimum absolute atomic E-state index is 0.0377. The first-order valence-electron chi connectivity index (χ1n) is 8.28. The number of anilines is 1. The Labute approximate surface area is 155 Å². The normalized spacial score (nSPS) is 16.6. The first kappa shape index (κ1) is 18.1. The molecule has 0 spiro atoms. The van der Waals surface area contributed by atoms with E-state index in [4.69, 9.17) is 4.74 Å². The van der Waals surface area contributed by atoms with Gasteiger partial charge in [-0.2, -0.15) is 0 Å². The number of nitrogens with zero attached hydrogens (tertiary/aromatic N) is 1. The predicted molar refractivity (Wildman–Crippen MR) is 99.0 cm³/mol. The number of rotatable bonds is 5. The SMILES string of the molecule is COC(=O)c1sccc1NC(=O)C1CC(=O)N(Cc2ccc(C)cc2)C1. The van der Waals surface area contributed by atoms with Crippen molar-refractivity contribution in [3.63, 3.8) is 0 Å². The minimum atomic E-state index is -0.487. The molecule has 136 valence electrons. The van der Waals surface area contributed by atoms with Gasteiger partial charge in [0, 0.05) is 19.5 Å². The lowest BCUT2D eigenvalue weighted by Gasteiger charge is -2.17. The monoisotopic (exact) mass is 372 g/mol. The van der Waals surface area contributed by atoms with Gasteiger partial charge in [0.1, 0.15) is 4.88 Å². The first-order valence-corrected chi connectivity index (χ1v) is 9.16. The second-order valence-corrected chi connectivity index (χ2v) is 7.22. The van der Waals surface area contributed by atoms with Gasteiger partial charge >= 0.3 is 5.97 Å². The van der Waals surface area contributed by atoms with E-state index < -0.39 is 11.9 Å². The van der Waals surface area contributed by atoms with Gasteiger partial charge in [-0.15, -0.1) is 11.3 Å². The summed E-state index contributed by atoms with van der Waals surface area (Å²) < 4.78 is 4.71. The van der Waals surface area contributed by atoms with E-state index in [0.717, 1.165) is 11.1 Å². The fourth-order valence-electron chi connectivity index (χ4n) is 2.91. The fourth-order valence-corrected chi connectivity index (χ4v) is 3.67. The fraction of sp³-hybridized carbons (Fsp3) is 0.316. The molecule has 1 aliphatic heterocycles. The molecule has 1 unspecified atom stereocenters. The number of amides is 2. The Morgan fingerprint density at radius 1 is 1.27 bits per heavy atom. The molecule has 1 atom stereocenters. The van der Waals surface area contributed by atoms with Gasteiger partial charge in [0.2, 0.25) is 11.8 Å². The van der Waals surface area contributed by atoms with Gasteiger partial charge < -0.3 is 15.0 Å². The van der Waals surface area contributed by atoms with Crippen LogP contribution in [0.5, 0.6) is 0 Å². The molecular weight excluding hydrogens is 352 g/mol. The third kappa shape index (κ3) is 3.94. The van der Waals surface area contributed by atoms with Crippen molar-refractivity contribution < 1.29 is 19.1 Å². The molecule has 1 fully saturated rings. The Kier molecular flexibility index (Phi) is 5.37. The first-order chi connectivity index (χ1) is 12.5. The minimum Gasteiger partial charge on any atom is -0.465 e. The van der Waals surface area contributed by atoms with Crippen LogP contribution in [0.4, 0.5) is 5.69 Å². The number of aryl methyl sites for hydroxylation is 1. The van der Waals surface area contributed by atoms with Crippen LogP contribution < -0.4 is 5.32 Å². The number of esters is 1. The summed E-state index contributed by atoms with van der Waals surface area (Å²) in [5.41, 5.74) is 2.63. The highest BCUT2D eigenvalue weighted by Crippen LogP contribution is 2.26. The standard InChI is InChI=1S/C19H20N2O4S/c1-12-3-5-13(6-4-12)10-21-11-14(9-16(21)22)18(23)20-15-7-8-26-17(15)19(24)25-2/h3-8,14H,9-11H2,1-2H3,(H,20,23). The summed E-state index contributed by atoms with van der Waals surface area (Å²) in [5.74, 6) is -1.21. The summed E-state index contributed by atoms with van der Waals surface area (Å²) in [6.07, 6.45) is 0.176. The number of carbonyl (C=O) groups excluding carboxylic acids is 3. The van der Waals surface area contributed by atoms with Crippen LogP contribution in [0.2, 0.25) is 0 Å². The molecule has 7 heteroatoms. The number of ether oxygens (including phenoxy) is 1. The van der Waals surface area contributed by atoms with Gasteiger partial charge in [-0.3, -0.25) is 9.59 Å². The highest BCUT2D eigenvalue weighted by Gasteiger charge is 2.34. The molecular formula is C19H20N2O4S. The summed E-state index contributed by atoms with van der Waals surface area (Å²) >= 11 is 1.20. The van der Waals surface area contributed by atoms with Crippen molar-refractivity contribution in [2.24, 2.45) is 5.92 Å². The summed E-state index contributed by atoms with van der Waals surface area (Å²) in [5, 5.41) is 4.47. The average molecular weight is 372 g/mol. The van der Waals surface area contributed by atoms with Crippen molar-refractivity contribution in [1.82, 2.24) is 4.90 Å². The number of likely N-dealkylation sites (tertiary alicyclic amines) is 1. The molecule has 1 N–H and O–H groups in total. The topological polar surface area (TPSA) is 75.7 Å². The average Bonchev–Trinajstić information content (AvgIpc) is 3.23. The van der Waals surface area contributed by atoms with Crippen molar-refractivity contribution >= 4 is 34.8 Å². The molecule has 2 amide bonds. The molecule has 0 saturated carbocycles. The van der Waals surface area contributed by atoms with Crippen LogP contribution in [0, 0.1) is 12.8 Å². The maximum Gasteiger partial charge on any atom is 0.350 e. The quantitative estimate of drug-likeness (QED) is 0.819. The third-order valence-electron chi connectivity index (χ3n) is 4.37. The van der Waals surface area contributed by atoms with Gasteiger partial charge in [-0.05, 0) is 23.9 Å². The molecule has 1 aromatic heterocycles. The van der Waals surface area contributed by atoms with E-state index in [-0.39, 0.29) is 18.2 Å². The molecule has 3 rings (SSSR count). The van der Waals surface area contributed by atoms with Crippen molar-refractivity contribution in [3.05, 3.63) is 51.7 Å². The van der Waals surface area contributed by atoms with Gasteiger partial charge in [0.25, 0.3) is 0 Å². The van der Waals surface area contributed by atoms with Crippen LogP contribution >= 0.6 is 11.3 Å². The molecule has 1 saturated heterocycles. The summed E-state index contributed by atoms with van der Waals surface area (Å²) in [6.45, 7) is 2.88. The second kappa shape index (κ2) is 7.70. The highest BCUT2D eigenvalue weighted by molar-refractivity contribution is 7.12. The van der Waals surface area contributed by atoms with Crippen LogP contribution in [0.25, 0.3) is 0 Å². The maximum absolute atomic E-state index is 12.5. The van der Waals surface area contributed by atoms with E-state index >= 15 is 0 Å². The number of hydrogen-bond acceptors (Lipinski definition) is 5. The van der Waals surface area contributed by atoms with Crippen molar-refractivity contribution in [2.45, 2.75) is 19.9 Å². The summed E-state index contributed by atoms with van der Waals surface area (Å²) in [7, 11) is 1.30. The number of nitrogens with one attached hydrogen (secondary N) is 1. The van der Waals surface area contributed by atoms with Crippen molar-refractivity contribution in [1.29, 1.82) is 0 Å². The number of methoxy groups -OCH3 is 1. The zero-order valence-electron chi connectivity index (χ0n) is 14.7. The van der Waals surface area contributed by atoms with Crippen LogP contribution in [0.3, 0.4) is 0 Å². The van der Waals surface area contributed by atoms with Crippen LogP contribution in [0.15, 0.2) is 35.7 Å². The van der Waals surface area contributed by atoms with E-state index in [9.17, 15) is 14.4 Å². The lowest BCUT2D eigenvalue weighted by Crippen LogP contribution is -2.28. The van der Waals surface area contributed by atoms with Gasteiger partial charge in [0.15, 0.2) is 0 Å². The molecule has 26 heavy (non-hydrogen) atoms. The number of thiophene rings is 1. The lowest BCUT2D eigenvalue weighted by atomic mass is 10.1. The number of benzene rings is 1. The molecule has 2 aromatic rings. The molecule has 1 aromatic carbocycles. The van der Waals surface area contributed by atoms with E-state index in [2.05, 4.69) is 5.32 Å². The number of carbonyl (C=O) groups is 3. The molecule has 0 bridgehead atoms. The molecule has 1 aliphatic rings. The highest BCUT2D eigenvalue weighted by atomic mass is 32.1. The van der Waals surface area contributed by atoms with E-state index in [0.29, 0.717) is 23.7 Å². The Hall–Kier alpha value is -2.67. The molecule has 2 heterocycles.